The molecule has 0 spiro atoms. The van der Waals surface area contributed by atoms with E-state index in [0.717, 1.165) is 41.4 Å². The Bertz CT molecular complexity index is 833. The molecule has 1 aromatic carbocycles. The summed E-state index contributed by atoms with van der Waals surface area (Å²) >= 11 is 0. The van der Waals surface area contributed by atoms with Gasteiger partial charge in [0.25, 0.3) is 0 Å². The number of hydrogen-bond donors (Lipinski definition) is 3. The van der Waals surface area contributed by atoms with Crippen molar-refractivity contribution in [3.63, 3.8) is 0 Å². The highest BCUT2D eigenvalue weighted by molar-refractivity contribution is 5.63. The Kier molecular flexibility index (Phi) is 4.63. The van der Waals surface area contributed by atoms with Gasteiger partial charge in [-0.3, -0.25) is 0 Å². The maximum atomic E-state index is 5.68. The molecule has 0 amide bonds. The Hall–Kier alpha value is -2.44. The number of nitrogens with zero attached hydrogens (tertiary/aromatic N) is 3. The second-order valence-corrected chi connectivity index (χ2v) is 6.56. The third-order valence-electron chi connectivity index (χ3n) is 4.79. The van der Waals surface area contributed by atoms with Crippen LogP contribution in [-0.4, -0.2) is 33.7 Å². The van der Waals surface area contributed by atoms with E-state index in [4.69, 9.17) is 10.8 Å². The SMILES string of the molecule is NCc1ccc(-c2cnc3ccc(NC[C@@H]4CCCCN4)nn23)cc1. The van der Waals surface area contributed by atoms with Crippen molar-refractivity contribution in [3.8, 4) is 11.3 Å². The number of anilines is 1. The van der Waals surface area contributed by atoms with Crippen LogP contribution < -0.4 is 16.4 Å². The van der Waals surface area contributed by atoms with Crippen LogP contribution in [0.4, 0.5) is 5.82 Å². The summed E-state index contributed by atoms with van der Waals surface area (Å²) in [5.74, 6) is 0.873. The fourth-order valence-corrected chi connectivity index (χ4v) is 3.30. The average molecular weight is 336 g/mol. The molecule has 1 fully saturated rings. The molecule has 0 saturated carbocycles. The number of benzene rings is 1. The average Bonchev–Trinajstić information content (AvgIpc) is 3.10. The molecular weight excluding hydrogens is 312 g/mol. The standard InChI is InChI=1S/C19H24N6/c20-11-14-4-6-15(7-5-14)17-13-23-19-9-8-18(24-25(17)19)22-12-16-3-1-2-10-21-16/h4-9,13,16,21H,1-3,10-12,20H2,(H,22,24)/t16-/m0/s1. The molecule has 6 heteroatoms. The first kappa shape index (κ1) is 16.1. The smallest absolute Gasteiger partial charge is 0.154 e. The number of hydrogen-bond acceptors (Lipinski definition) is 5. The zero-order chi connectivity index (χ0) is 17.1. The molecule has 2 aromatic heterocycles. The molecule has 1 atom stereocenters. The Morgan fingerprint density at radius 2 is 2.04 bits per heavy atom. The van der Waals surface area contributed by atoms with Crippen LogP contribution >= 0.6 is 0 Å². The molecule has 1 aliphatic heterocycles. The van der Waals surface area contributed by atoms with Crippen molar-refractivity contribution in [1.29, 1.82) is 0 Å². The van der Waals surface area contributed by atoms with Gasteiger partial charge in [-0.2, -0.15) is 0 Å². The summed E-state index contributed by atoms with van der Waals surface area (Å²) in [4.78, 5) is 4.46. The second kappa shape index (κ2) is 7.21. The highest BCUT2D eigenvalue weighted by Gasteiger charge is 2.13. The number of rotatable bonds is 5. The van der Waals surface area contributed by atoms with Crippen molar-refractivity contribution in [1.82, 2.24) is 19.9 Å². The van der Waals surface area contributed by atoms with Gasteiger partial charge in [0.05, 0.1) is 11.9 Å². The third kappa shape index (κ3) is 3.50. The minimum absolute atomic E-state index is 0.525. The van der Waals surface area contributed by atoms with E-state index in [-0.39, 0.29) is 0 Å². The Morgan fingerprint density at radius 3 is 2.80 bits per heavy atom. The maximum Gasteiger partial charge on any atom is 0.154 e. The molecule has 4 N–H and O–H groups in total. The van der Waals surface area contributed by atoms with Gasteiger partial charge >= 0.3 is 0 Å². The predicted molar refractivity (Wildman–Crippen MR) is 100 cm³/mol. The molecule has 0 radical (unpaired) electrons. The van der Waals surface area contributed by atoms with Gasteiger partial charge in [0.1, 0.15) is 5.82 Å². The van der Waals surface area contributed by atoms with Crippen LogP contribution in [0.15, 0.2) is 42.6 Å². The monoisotopic (exact) mass is 336 g/mol. The molecule has 3 heterocycles. The molecule has 1 saturated heterocycles. The molecule has 0 aliphatic carbocycles. The first-order valence-corrected chi connectivity index (χ1v) is 8.95. The van der Waals surface area contributed by atoms with Crippen molar-refractivity contribution in [2.45, 2.75) is 31.8 Å². The summed E-state index contributed by atoms with van der Waals surface area (Å²) in [6.07, 6.45) is 5.67. The summed E-state index contributed by atoms with van der Waals surface area (Å²) < 4.78 is 1.90. The van der Waals surface area contributed by atoms with Gasteiger partial charge in [0.15, 0.2) is 5.65 Å². The predicted octanol–water partition coefficient (Wildman–Crippen LogP) is 2.41. The zero-order valence-electron chi connectivity index (χ0n) is 14.3. The summed E-state index contributed by atoms with van der Waals surface area (Å²) in [6, 6.07) is 12.8. The molecule has 25 heavy (non-hydrogen) atoms. The van der Waals surface area contributed by atoms with Crippen LogP contribution in [0.1, 0.15) is 24.8 Å². The lowest BCUT2D eigenvalue weighted by molar-refractivity contribution is 0.414. The van der Waals surface area contributed by atoms with Gasteiger partial charge in [-0.05, 0) is 37.1 Å². The molecule has 130 valence electrons. The second-order valence-electron chi connectivity index (χ2n) is 6.56. The minimum atomic E-state index is 0.525. The van der Waals surface area contributed by atoms with Crippen molar-refractivity contribution in [2.75, 3.05) is 18.4 Å². The highest BCUT2D eigenvalue weighted by Crippen LogP contribution is 2.21. The van der Waals surface area contributed by atoms with Gasteiger partial charge < -0.3 is 16.4 Å². The Balaban J connectivity index is 1.56. The minimum Gasteiger partial charge on any atom is -0.367 e. The van der Waals surface area contributed by atoms with E-state index < -0.39 is 0 Å². The van der Waals surface area contributed by atoms with Crippen LogP contribution in [0.5, 0.6) is 0 Å². The van der Waals surface area contributed by atoms with Crippen molar-refractivity contribution < 1.29 is 0 Å². The fourth-order valence-electron chi connectivity index (χ4n) is 3.30. The summed E-state index contributed by atoms with van der Waals surface area (Å²) in [5.41, 5.74) is 9.72. The summed E-state index contributed by atoms with van der Waals surface area (Å²) in [5, 5.41) is 11.7. The van der Waals surface area contributed by atoms with Gasteiger partial charge in [-0.1, -0.05) is 30.7 Å². The number of fused-ring (bicyclic) bond motifs is 1. The van der Waals surface area contributed by atoms with E-state index in [1.807, 2.05) is 35.0 Å². The number of piperidine rings is 1. The van der Waals surface area contributed by atoms with E-state index in [0.29, 0.717) is 12.6 Å². The van der Waals surface area contributed by atoms with Crippen LogP contribution in [0, 0.1) is 0 Å². The highest BCUT2D eigenvalue weighted by atomic mass is 15.3. The zero-order valence-corrected chi connectivity index (χ0v) is 14.3. The lowest BCUT2D eigenvalue weighted by Crippen LogP contribution is -2.39. The van der Waals surface area contributed by atoms with Crippen LogP contribution in [-0.2, 0) is 6.54 Å². The molecular formula is C19H24N6. The van der Waals surface area contributed by atoms with Gasteiger partial charge in [0, 0.05) is 24.7 Å². The normalized spacial score (nSPS) is 17.7. The van der Waals surface area contributed by atoms with Crippen LogP contribution in [0.3, 0.4) is 0 Å². The number of aromatic nitrogens is 3. The van der Waals surface area contributed by atoms with Crippen molar-refractivity contribution in [3.05, 3.63) is 48.2 Å². The summed E-state index contributed by atoms with van der Waals surface area (Å²) in [7, 11) is 0. The topological polar surface area (TPSA) is 80.3 Å². The molecule has 6 nitrogen and oxygen atoms in total. The lowest BCUT2D eigenvalue weighted by atomic mass is 10.1. The van der Waals surface area contributed by atoms with E-state index in [1.165, 1.54) is 19.3 Å². The van der Waals surface area contributed by atoms with E-state index in [9.17, 15) is 0 Å². The maximum absolute atomic E-state index is 5.68. The fraction of sp³-hybridized carbons (Fsp3) is 0.368. The summed E-state index contributed by atoms with van der Waals surface area (Å²) in [6.45, 7) is 2.56. The lowest BCUT2D eigenvalue weighted by Gasteiger charge is -2.23. The Labute approximate surface area is 147 Å². The van der Waals surface area contributed by atoms with Crippen molar-refractivity contribution in [2.24, 2.45) is 5.73 Å². The van der Waals surface area contributed by atoms with Gasteiger partial charge in [0.2, 0.25) is 0 Å². The van der Waals surface area contributed by atoms with E-state index in [2.05, 4.69) is 27.8 Å². The third-order valence-corrected chi connectivity index (χ3v) is 4.79. The molecule has 0 unspecified atom stereocenters. The Morgan fingerprint density at radius 1 is 1.16 bits per heavy atom. The molecule has 4 rings (SSSR count). The number of imidazole rings is 1. The van der Waals surface area contributed by atoms with E-state index in [1.54, 1.807) is 0 Å². The first-order chi connectivity index (χ1) is 12.3. The first-order valence-electron chi connectivity index (χ1n) is 8.95. The molecule has 0 bridgehead atoms. The van der Waals surface area contributed by atoms with E-state index >= 15 is 0 Å². The quantitative estimate of drug-likeness (QED) is 0.667. The van der Waals surface area contributed by atoms with Crippen molar-refractivity contribution >= 4 is 11.5 Å². The molecule has 1 aliphatic rings. The van der Waals surface area contributed by atoms with Crippen LogP contribution in [0.2, 0.25) is 0 Å². The van der Waals surface area contributed by atoms with Crippen LogP contribution in [0.25, 0.3) is 16.9 Å². The van der Waals surface area contributed by atoms with Gasteiger partial charge in [-0.15, -0.1) is 5.10 Å². The molecule has 3 aromatic rings. The number of nitrogens with two attached hydrogens (primary N) is 1. The number of nitrogens with one attached hydrogen (secondary N) is 2. The van der Waals surface area contributed by atoms with Gasteiger partial charge in [-0.25, -0.2) is 9.50 Å². The largest absolute Gasteiger partial charge is 0.367 e.